The van der Waals surface area contributed by atoms with Gasteiger partial charge in [0.25, 0.3) is 0 Å². The second-order valence-electron chi connectivity index (χ2n) is 4.61. The van der Waals surface area contributed by atoms with E-state index in [2.05, 4.69) is 10.6 Å². The maximum Gasteiger partial charge on any atom is 0.339 e. The first-order valence-electron chi connectivity index (χ1n) is 5.52. The molecule has 2 rings (SSSR count). The highest BCUT2D eigenvalue weighted by Gasteiger charge is 2.38. The van der Waals surface area contributed by atoms with Crippen molar-refractivity contribution in [3.05, 3.63) is 28.8 Å². The Morgan fingerprint density at radius 3 is 2.61 bits per heavy atom. The number of amides is 2. The van der Waals surface area contributed by atoms with Crippen molar-refractivity contribution in [3.8, 4) is 0 Å². The van der Waals surface area contributed by atoms with Gasteiger partial charge in [0.15, 0.2) is 0 Å². The topological polar surface area (TPSA) is 78.4 Å². The van der Waals surface area contributed by atoms with Gasteiger partial charge in [0.1, 0.15) is 5.56 Å². The maximum absolute atomic E-state index is 11.7. The van der Waals surface area contributed by atoms with E-state index in [-0.39, 0.29) is 21.8 Å². The van der Waals surface area contributed by atoms with Gasteiger partial charge in [-0.3, -0.25) is 0 Å². The second-order valence-corrected chi connectivity index (χ2v) is 5.01. The molecule has 6 heteroatoms. The smallest absolute Gasteiger partial charge is 0.339 e. The van der Waals surface area contributed by atoms with E-state index in [1.807, 2.05) is 6.92 Å². The zero-order valence-corrected chi connectivity index (χ0v) is 10.5. The van der Waals surface area contributed by atoms with Crippen LogP contribution < -0.4 is 10.6 Å². The third kappa shape index (κ3) is 2.73. The van der Waals surface area contributed by atoms with Crippen LogP contribution in [0.3, 0.4) is 0 Å². The van der Waals surface area contributed by atoms with Crippen LogP contribution in [-0.2, 0) is 0 Å². The largest absolute Gasteiger partial charge is 0.478 e. The number of urea groups is 1. The molecule has 1 saturated carbocycles. The lowest BCUT2D eigenvalue weighted by Gasteiger charge is -2.14. The van der Waals surface area contributed by atoms with Crippen LogP contribution in [-0.4, -0.2) is 22.6 Å². The van der Waals surface area contributed by atoms with Gasteiger partial charge in [-0.1, -0.05) is 17.7 Å². The van der Waals surface area contributed by atoms with E-state index in [0.29, 0.717) is 0 Å². The number of hydrogen-bond acceptors (Lipinski definition) is 2. The van der Waals surface area contributed by atoms with Crippen molar-refractivity contribution >= 4 is 29.3 Å². The van der Waals surface area contributed by atoms with E-state index in [9.17, 15) is 9.59 Å². The fraction of sp³-hybridized carbons (Fsp3) is 0.333. The Kier molecular flexibility index (Phi) is 3.17. The summed E-state index contributed by atoms with van der Waals surface area (Å²) in [4.78, 5) is 22.8. The van der Waals surface area contributed by atoms with Gasteiger partial charge in [-0.15, -0.1) is 0 Å². The van der Waals surface area contributed by atoms with Crippen LogP contribution in [0.15, 0.2) is 18.2 Å². The summed E-state index contributed by atoms with van der Waals surface area (Å²) in [6, 6.07) is 4.14. The number of benzene rings is 1. The molecule has 0 atom stereocenters. The molecule has 0 aromatic heterocycles. The van der Waals surface area contributed by atoms with Crippen molar-refractivity contribution in [1.29, 1.82) is 0 Å². The third-order valence-corrected chi connectivity index (χ3v) is 3.21. The Morgan fingerprint density at radius 1 is 1.39 bits per heavy atom. The Bertz CT molecular complexity index is 512. The normalized spacial score (nSPS) is 15.9. The summed E-state index contributed by atoms with van der Waals surface area (Å²) >= 11 is 5.80. The van der Waals surface area contributed by atoms with E-state index in [1.165, 1.54) is 12.1 Å². The Morgan fingerprint density at radius 2 is 2.06 bits per heavy atom. The van der Waals surface area contributed by atoms with Gasteiger partial charge < -0.3 is 15.7 Å². The number of hydrogen-bond donors (Lipinski definition) is 3. The second kappa shape index (κ2) is 4.49. The van der Waals surface area contributed by atoms with Crippen LogP contribution in [0.1, 0.15) is 30.1 Å². The molecule has 1 aliphatic rings. The maximum atomic E-state index is 11.7. The van der Waals surface area contributed by atoms with Gasteiger partial charge in [0.2, 0.25) is 0 Å². The quantitative estimate of drug-likeness (QED) is 0.789. The first-order chi connectivity index (χ1) is 8.41. The number of halogens is 1. The van der Waals surface area contributed by atoms with Crippen LogP contribution in [0.5, 0.6) is 0 Å². The highest BCUT2D eigenvalue weighted by atomic mass is 35.5. The van der Waals surface area contributed by atoms with Crippen molar-refractivity contribution in [2.24, 2.45) is 0 Å². The third-order valence-electron chi connectivity index (χ3n) is 2.89. The average molecular weight is 269 g/mol. The Labute approximate surface area is 109 Å². The number of anilines is 1. The first-order valence-corrected chi connectivity index (χ1v) is 5.90. The number of carbonyl (C=O) groups is 2. The van der Waals surface area contributed by atoms with Crippen LogP contribution in [0.4, 0.5) is 10.5 Å². The fourth-order valence-corrected chi connectivity index (χ4v) is 1.84. The van der Waals surface area contributed by atoms with Gasteiger partial charge in [-0.2, -0.15) is 0 Å². The van der Waals surface area contributed by atoms with E-state index >= 15 is 0 Å². The standard InChI is InChI=1S/C12H13ClN2O3/c1-12(5-6-12)15-11(18)14-8-4-2-3-7(13)9(8)10(16)17/h2-4H,5-6H2,1H3,(H,16,17)(H2,14,15,18). The first kappa shape index (κ1) is 12.7. The predicted octanol–water partition coefficient (Wildman–Crippen LogP) is 2.71. The van der Waals surface area contributed by atoms with E-state index in [4.69, 9.17) is 16.7 Å². The molecule has 18 heavy (non-hydrogen) atoms. The average Bonchev–Trinajstić information content (AvgIpc) is 2.94. The Hall–Kier alpha value is -1.75. The zero-order valence-electron chi connectivity index (χ0n) is 9.79. The molecule has 0 spiro atoms. The van der Waals surface area contributed by atoms with Crippen molar-refractivity contribution in [2.75, 3.05) is 5.32 Å². The molecule has 0 aliphatic heterocycles. The lowest BCUT2D eigenvalue weighted by molar-refractivity contribution is 0.0698. The Balaban J connectivity index is 2.15. The minimum atomic E-state index is -1.17. The number of aromatic carboxylic acids is 1. The highest BCUT2D eigenvalue weighted by molar-refractivity contribution is 6.34. The molecule has 2 amide bonds. The summed E-state index contributed by atoms with van der Waals surface area (Å²) in [6.45, 7) is 1.93. The predicted molar refractivity (Wildman–Crippen MR) is 68.2 cm³/mol. The lowest BCUT2D eigenvalue weighted by Crippen LogP contribution is -2.37. The van der Waals surface area contributed by atoms with Crippen LogP contribution in [0.25, 0.3) is 0 Å². The van der Waals surface area contributed by atoms with Gasteiger partial charge >= 0.3 is 12.0 Å². The molecule has 0 bridgehead atoms. The molecule has 0 saturated heterocycles. The van der Waals surface area contributed by atoms with E-state index in [1.54, 1.807) is 6.07 Å². The van der Waals surface area contributed by atoms with Crippen LogP contribution >= 0.6 is 11.6 Å². The number of carboxylic acid groups (broad SMARTS) is 1. The molecule has 1 aromatic carbocycles. The molecular weight excluding hydrogens is 256 g/mol. The fourth-order valence-electron chi connectivity index (χ4n) is 1.59. The summed E-state index contributed by atoms with van der Waals surface area (Å²) in [5, 5.41) is 14.4. The van der Waals surface area contributed by atoms with E-state index in [0.717, 1.165) is 12.8 Å². The molecule has 1 aliphatic carbocycles. The SMILES string of the molecule is CC1(NC(=O)Nc2cccc(Cl)c2C(=O)O)CC1. The van der Waals surface area contributed by atoms with Gasteiger partial charge in [-0.25, -0.2) is 9.59 Å². The van der Waals surface area contributed by atoms with Crippen molar-refractivity contribution < 1.29 is 14.7 Å². The molecule has 0 radical (unpaired) electrons. The van der Waals surface area contributed by atoms with Crippen molar-refractivity contribution in [1.82, 2.24) is 5.32 Å². The molecule has 5 nitrogen and oxygen atoms in total. The minimum Gasteiger partial charge on any atom is -0.478 e. The summed E-state index contributed by atoms with van der Waals surface area (Å²) in [7, 11) is 0. The zero-order chi connectivity index (χ0) is 13.3. The summed E-state index contributed by atoms with van der Waals surface area (Å²) in [5.41, 5.74) is -0.0708. The molecule has 0 unspecified atom stereocenters. The molecule has 1 aromatic rings. The number of nitrogens with one attached hydrogen (secondary N) is 2. The number of carbonyl (C=O) groups excluding carboxylic acids is 1. The molecule has 96 valence electrons. The molecule has 0 heterocycles. The number of rotatable bonds is 3. The summed E-state index contributed by atoms with van der Waals surface area (Å²) < 4.78 is 0. The van der Waals surface area contributed by atoms with Gasteiger partial charge in [0, 0.05) is 5.54 Å². The summed E-state index contributed by atoms with van der Waals surface area (Å²) in [6.07, 6.45) is 1.86. The lowest BCUT2D eigenvalue weighted by atomic mass is 10.2. The van der Waals surface area contributed by atoms with Crippen LogP contribution in [0, 0.1) is 0 Å². The van der Waals surface area contributed by atoms with Gasteiger partial charge in [0.05, 0.1) is 10.7 Å². The highest BCUT2D eigenvalue weighted by Crippen LogP contribution is 2.34. The van der Waals surface area contributed by atoms with E-state index < -0.39 is 12.0 Å². The minimum absolute atomic E-state index is 0.0953. The molecule has 3 N–H and O–H groups in total. The summed E-state index contributed by atoms with van der Waals surface area (Å²) in [5.74, 6) is -1.17. The monoisotopic (exact) mass is 268 g/mol. The number of carboxylic acids is 1. The van der Waals surface area contributed by atoms with Gasteiger partial charge in [-0.05, 0) is 31.9 Å². The molecular formula is C12H13ClN2O3. The van der Waals surface area contributed by atoms with Crippen LogP contribution in [0.2, 0.25) is 5.02 Å². The van der Waals surface area contributed by atoms with Crippen molar-refractivity contribution in [3.63, 3.8) is 0 Å². The molecule has 1 fully saturated rings. The van der Waals surface area contributed by atoms with Crippen molar-refractivity contribution in [2.45, 2.75) is 25.3 Å².